The molecule has 2 nitrogen and oxygen atoms in total. The largest absolute Gasteiger partial charge is 0.303 e. The van der Waals surface area contributed by atoms with Crippen molar-refractivity contribution in [2.45, 2.75) is 32.1 Å². The van der Waals surface area contributed by atoms with E-state index in [0.29, 0.717) is 5.92 Å². The van der Waals surface area contributed by atoms with Gasteiger partial charge in [-0.1, -0.05) is 24.3 Å². The summed E-state index contributed by atoms with van der Waals surface area (Å²) >= 11 is 0. The molecule has 0 aliphatic carbocycles. The predicted molar refractivity (Wildman–Crippen MR) is 91.8 cm³/mol. The number of rotatable bonds is 6. The Morgan fingerprint density at radius 2 is 1.96 bits per heavy atom. The number of likely N-dealkylation sites (tertiary alicyclic amines) is 1. The van der Waals surface area contributed by atoms with Crippen molar-refractivity contribution >= 4 is 0 Å². The SMILES string of the molecule is Fc1ccccc1CC[C@@H]1CCCN(CCc2ccccn2)C1. The Bertz CT molecular complexity index is 600. The fourth-order valence-electron chi connectivity index (χ4n) is 3.47. The molecule has 1 atom stereocenters. The highest BCUT2D eigenvalue weighted by atomic mass is 19.1. The van der Waals surface area contributed by atoms with Crippen LogP contribution in [0.1, 0.15) is 30.5 Å². The minimum absolute atomic E-state index is 0.0599. The molecule has 0 radical (unpaired) electrons. The third-order valence-electron chi connectivity index (χ3n) is 4.79. The maximum atomic E-state index is 13.7. The Morgan fingerprint density at radius 3 is 2.78 bits per heavy atom. The second-order valence-electron chi connectivity index (χ2n) is 6.51. The number of pyridine rings is 1. The molecule has 1 aliphatic heterocycles. The normalized spacial score (nSPS) is 18.9. The van der Waals surface area contributed by atoms with E-state index in [-0.39, 0.29) is 5.82 Å². The van der Waals surface area contributed by atoms with Crippen LogP contribution in [0.3, 0.4) is 0 Å². The molecule has 2 aromatic rings. The first-order chi connectivity index (χ1) is 11.3. The van der Waals surface area contributed by atoms with Crippen LogP contribution >= 0.6 is 0 Å². The van der Waals surface area contributed by atoms with Crippen molar-refractivity contribution < 1.29 is 4.39 Å². The molecule has 1 fully saturated rings. The summed E-state index contributed by atoms with van der Waals surface area (Å²) in [5, 5.41) is 0. The number of hydrogen-bond acceptors (Lipinski definition) is 2. The Labute approximate surface area is 138 Å². The molecule has 2 heterocycles. The van der Waals surface area contributed by atoms with Gasteiger partial charge in [-0.3, -0.25) is 4.98 Å². The zero-order valence-electron chi connectivity index (χ0n) is 13.6. The maximum Gasteiger partial charge on any atom is 0.126 e. The topological polar surface area (TPSA) is 16.1 Å². The molecule has 0 amide bonds. The molecular weight excluding hydrogens is 287 g/mol. The molecule has 1 saturated heterocycles. The van der Waals surface area contributed by atoms with E-state index in [1.165, 1.54) is 25.1 Å². The van der Waals surface area contributed by atoms with Crippen LogP contribution in [0.25, 0.3) is 0 Å². The summed E-state index contributed by atoms with van der Waals surface area (Å²) in [5.41, 5.74) is 2.03. The van der Waals surface area contributed by atoms with Gasteiger partial charge in [0.05, 0.1) is 0 Å². The molecule has 23 heavy (non-hydrogen) atoms. The zero-order valence-corrected chi connectivity index (χ0v) is 13.6. The molecule has 0 spiro atoms. The number of halogens is 1. The van der Waals surface area contributed by atoms with E-state index in [4.69, 9.17) is 0 Å². The highest BCUT2D eigenvalue weighted by molar-refractivity contribution is 5.17. The lowest BCUT2D eigenvalue weighted by Gasteiger charge is -2.32. The Morgan fingerprint density at radius 1 is 1.09 bits per heavy atom. The summed E-state index contributed by atoms with van der Waals surface area (Å²) in [5.74, 6) is 0.627. The van der Waals surface area contributed by atoms with Crippen LogP contribution in [0.5, 0.6) is 0 Å². The number of benzene rings is 1. The Hall–Kier alpha value is -1.74. The van der Waals surface area contributed by atoms with Crippen LogP contribution in [0, 0.1) is 11.7 Å². The minimum atomic E-state index is -0.0599. The molecule has 3 heteroatoms. The number of nitrogens with zero attached hydrogens (tertiary/aromatic N) is 2. The van der Waals surface area contributed by atoms with Crippen molar-refractivity contribution in [3.05, 3.63) is 65.7 Å². The van der Waals surface area contributed by atoms with Crippen molar-refractivity contribution in [2.24, 2.45) is 5.92 Å². The third kappa shape index (κ3) is 4.87. The van der Waals surface area contributed by atoms with E-state index in [9.17, 15) is 4.39 Å². The van der Waals surface area contributed by atoms with Crippen LogP contribution < -0.4 is 0 Å². The average molecular weight is 312 g/mol. The van der Waals surface area contributed by atoms with E-state index >= 15 is 0 Å². The van der Waals surface area contributed by atoms with Gasteiger partial charge in [0.15, 0.2) is 0 Å². The molecule has 1 aromatic carbocycles. The van der Waals surface area contributed by atoms with Gasteiger partial charge in [0.1, 0.15) is 5.82 Å². The van der Waals surface area contributed by atoms with E-state index in [2.05, 4.69) is 22.0 Å². The van der Waals surface area contributed by atoms with Crippen molar-refractivity contribution in [3.63, 3.8) is 0 Å². The van der Waals surface area contributed by atoms with Gasteiger partial charge in [0.2, 0.25) is 0 Å². The molecule has 122 valence electrons. The highest BCUT2D eigenvalue weighted by Crippen LogP contribution is 2.22. The second kappa shape index (κ2) is 8.21. The average Bonchev–Trinajstić information content (AvgIpc) is 2.61. The first-order valence-corrected chi connectivity index (χ1v) is 8.67. The molecular formula is C20H25FN2. The molecule has 3 rings (SSSR count). The van der Waals surface area contributed by atoms with Crippen LogP contribution in [0.4, 0.5) is 4.39 Å². The summed E-state index contributed by atoms with van der Waals surface area (Å²) in [6, 6.07) is 13.3. The Balaban J connectivity index is 1.45. The summed E-state index contributed by atoms with van der Waals surface area (Å²) in [6.07, 6.45) is 7.34. The number of aryl methyl sites for hydroxylation is 1. The zero-order chi connectivity index (χ0) is 15.9. The van der Waals surface area contributed by atoms with Gasteiger partial charge in [-0.05, 0) is 61.9 Å². The van der Waals surface area contributed by atoms with Crippen molar-refractivity contribution in [1.82, 2.24) is 9.88 Å². The van der Waals surface area contributed by atoms with Gasteiger partial charge in [-0.15, -0.1) is 0 Å². The fraction of sp³-hybridized carbons (Fsp3) is 0.450. The van der Waals surface area contributed by atoms with Crippen LogP contribution in [-0.4, -0.2) is 29.5 Å². The van der Waals surface area contributed by atoms with E-state index in [0.717, 1.165) is 37.9 Å². The third-order valence-corrected chi connectivity index (χ3v) is 4.79. The quantitative estimate of drug-likeness (QED) is 0.798. The standard InChI is InChI=1S/C20H25FN2/c21-20-9-2-1-7-18(20)11-10-17-6-5-14-23(16-17)15-12-19-8-3-4-13-22-19/h1-4,7-9,13,17H,5-6,10-12,14-16H2/t17-/m0/s1. The lowest BCUT2D eigenvalue weighted by Crippen LogP contribution is -2.37. The van der Waals surface area contributed by atoms with Gasteiger partial charge < -0.3 is 4.90 Å². The molecule has 1 aliphatic rings. The molecule has 0 bridgehead atoms. The molecule has 0 N–H and O–H groups in total. The van der Waals surface area contributed by atoms with Gasteiger partial charge in [0.25, 0.3) is 0 Å². The first kappa shape index (κ1) is 16.1. The Kier molecular flexibility index (Phi) is 5.76. The molecule has 0 unspecified atom stereocenters. The van der Waals surface area contributed by atoms with E-state index in [1.54, 1.807) is 12.1 Å². The summed E-state index contributed by atoms with van der Waals surface area (Å²) in [6.45, 7) is 3.40. The van der Waals surface area contributed by atoms with Gasteiger partial charge in [0, 0.05) is 31.4 Å². The lowest BCUT2D eigenvalue weighted by molar-refractivity contribution is 0.170. The smallest absolute Gasteiger partial charge is 0.126 e. The van der Waals surface area contributed by atoms with Crippen molar-refractivity contribution in [1.29, 1.82) is 0 Å². The highest BCUT2D eigenvalue weighted by Gasteiger charge is 2.19. The van der Waals surface area contributed by atoms with Crippen molar-refractivity contribution in [3.8, 4) is 0 Å². The molecule has 0 saturated carbocycles. The monoisotopic (exact) mass is 312 g/mol. The van der Waals surface area contributed by atoms with E-state index in [1.807, 2.05) is 24.4 Å². The number of hydrogen-bond donors (Lipinski definition) is 0. The van der Waals surface area contributed by atoms with Crippen molar-refractivity contribution in [2.75, 3.05) is 19.6 Å². The van der Waals surface area contributed by atoms with Crippen LogP contribution in [0.15, 0.2) is 48.7 Å². The predicted octanol–water partition coefficient (Wildman–Crippen LogP) is 4.11. The van der Waals surface area contributed by atoms with Crippen LogP contribution in [-0.2, 0) is 12.8 Å². The van der Waals surface area contributed by atoms with Gasteiger partial charge >= 0.3 is 0 Å². The fourth-order valence-corrected chi connectivity index (χ4v) is 3.47. The number of piperidine rings is 1. The first-order valence-electron chi connectivity index (χ1n) is 8.67. The maximum absolute atomic E-state index is 13.7. The minimum Gasteiger partial charge on any atom is -0.303 e. The van der Waals surface area contributed by atoms with Gasteiger partial charge in [-0.2, -0.15) is 0 Å². The van der Waals surface area contributed by atoms with Crippen LogP contribution in [0.2, 0.25) is 0 Å². The second-order valence-corrected chi connectivity index (χ2v) is 6.51. The summed E-state index contributed by atoms with van der Waals surface area (Å²) in [7, 11) is 0. The summed E-state index contributed by atoms with van der Waals surface area (Å²) in [4.78, 5) is 6.95. The van der Waals surface area contributed by atoms with Gasteiger partial charge in [-0.25, -0.2) is 4.39 Å². The van der Waals surface area contributed by atoms with E-state index < -0.39 is 0 Å². The lowest BCUT2D eigenvalue weighted by atomic mass is 9.91. The number of aromatic nitrogens is 1. The summed E-state index contributed by atoms with van der Waals surface area (Å²) < 4.78 is 13.7. The molecule has 1 aromatic heterocycles.